The predicted octanol–water partition coefficient (Wildman–Crippen LogP) is 1.20. The fraction of sp³-hybridized carbons (Fsp3) is 0.462. The number of amides is 1. The summed E-state index contributed by atoms with van der Waals surface area (Å²) >= 11 is 0. The van der Waals surface area contributed by atoms with Crippen LogP contribution in [0.3, 0.4) is 0 Å². The Morgan fingerprint density at radius 2 is 2.00 bits per heavy atom. The van der Waals surface area contributed by atoms with Crippen LogP contribution < -0.4 is 10.6 Å². The Balaban J connectivity index is 2.76. The molecule has 0 saturated carbocycles. The first-order valence-electron chi connectivity index (χ1n) is 6.14. The van der Waals surface area contributed by atoms with E-state index in [4.69, 9.17) is 0 Å². The summed E-state index contributed by atoms with van der Waals surface area (Å²) < 4.78 is 22.0. The van der Waals surface area contributed by atoms with Crippen molar-refractivity contribution >= 4 is 21.4 Å². The second kappa shape index (κ2) is 6.56. The van der Waals surface area contributed by atoms with E-state index in [1.165, 1.54) is 0 Å². The third-order valence-corrected chi connectivity index (χ3v) is 3.49. The van der Waals surface area contributed by atoms with Gasteiger partial charge in [-0.2, -0.15) is 0 Å². The number of anilines is 1. The number of carbonyl (C=O) groups excluding carboxylic acids is 1. The molecule has 0 heterocycles. The van der Waals surface area contributed by atoms with E-state index in [1.54, 1.807) is 6.07 Å². The van der Waals surface area contributed by atoms with Crippen molar-refractivity contribution in [3.8, 4) is 0 Å². The molecule has 1 aromatic rings. The lowest BCUT2D eigenvalue weighted by Crippen LogP contribution is -2.29. The number of sulfone groups is 1. The van der Waals surface area contributed by atoms with Crippen molar-refractivity contribution in [1.82, 2.24) is 5.32 Å². The minimum Gasteiger partial charge on any atom is -0.385 e. The lowest BCUT2D eigenvalue weighted by atomic mass is 10.1. The Labute approximate surface area is 114 Å². The molecule has 0 aliphatic rings. The van der Waals surface area contributed by atoms with Crippen LogP contribution in [0.4, 0.5) is 5.69 Å². The normalized spacial score (nSPS) is 11.1. The lowest BCUT2D eigenvalue weighted by Gasteiger charge is -2.11. The lowest BCUT2D eigenvalue weighted by molar-refractivity contribution is 0.0957. The molecular formula is C13H20N2O3S. The van der Waals surface area contributed by atoms with E-state index in [2.05, 4.69) is 10.6 Å². The van der Waals surface area contributed by atoms with Gasteiger partial charge in [0.1, 0.15) is 9.84 Å². The minimum absolute atomic E-state index is 0.0544. The van der Waals surface area contributed by atoms with Gasteiger partial charge in [0.25, 0.3) is 5.91 Å². The van der Waals surface area contributed by atoms with Gasteiger partial charge in [0.05, 0.1) is 11.3 Å². The maximum absolute atomic E-state index is 12.0. The molecule has 0 radical (unpaired) electrons. The van der Waals surface area contributed by atoms with Gasteiger partial charge in [-0.1, -0.05) is 6.07 Å². The quantitative estimate of drug-likeness (QED) is 0.823. The van der Waals surface area contributed by atoms with Crippen molar-refractivity contribution in [3.05, 3.63) is 29.3 Å². The summed E-state index contributed by atoms with van der Waals surface area (Å²) in [6.07, 6.45) is 1.15. The Morgan fingerprint density at radius 1 is 1.32 bits per heavy atom. The van der Waals surface area contributed by atoms with Crippen LogP contribution in [-0.2, 0) is 9.84 Å². The summed E-state index contributed by atoms with van der Waals surface area (Å²) in [5.74, 6) is -0.319. The summed E-state index contributed by atoms with van der Waals surface area (Å²) in [5, 5.41) is 5.74. The first-order valence-corrected chi connectivity index (χ1v) is 8.20. The molecule has 1 aromatic carbocycles. The third kappa shape index (κ3) is 5.30. The van der Waals surface area contributed by atoms with Gasteiger partial charge in [-0.05, 0) is 31.5 Å². The molecule has 1 amide bonds. The average Bonchev–Trinajstić information content (AvgIpc) is 2.27. The van der Waals surface area contributed by atoms with Crippen molar-refractivity contribution in [1.29, 1.82) is 0 Å². The van der Waals surface area contributed by atoms with Crippen molar-refractivity contribution < 1.29 is 13.2 Å². The van der Waals surface area contributed by atoms with Gasteiger partial charge < -0.3 is 10.6 Å². The highest BCUT2D eigenvalue weighted by atomic mass is 32.2. The van der Waals surface area contributed by atoms with Crippen molar-refractivity contribution in [2.75, 3.05) is 30.4 Å². The average molecular weight is 284 g/mol. The minimum atomic E-state index is -3.06. The van der Waals surface area contributed by atoms with Gasteiger partial charge >= 0.3 is 0 Å². The van der Waals surface area contributed by atoms with E-state index >= 15 is 0 Å². The number of carbonyl (C=O) groups is 1. The van der Waals surface area contributed by atoms with Gasteiger partial charge in [-0.25, -0.2) is 8.42 Å². The van der Waals surface area contributed by atoms with Crippen LogP contribution >= 0.6 is 0 Å². The van der Waals surface area contributed by atoms with Gasteiger partial charge in [0, 0.05) is 25.0 Å². The maximum Gasteiger partial charge on any atom is 0.253 e. The Kier molecular flexibility index (Phi) is 5.35. The molecule has 0 bridgehead atoms. The zero-order chi connectivity index (χ0) is 14.5. The molecule has 5 nitrogen and oxygen atoms in total. The number of aryl methyl sites for hydroxylation is 1. The van der Waals surface area contributed by atoms with Crippen LogP contribution in [0, 0.1) is 6.92 Å². The first kappa shape index (κ1) is 15.5. The molecular weight excluding hydrogens is 264 g/mol. The standard InChI is InChI=1S/C13H20N2O3S/c1-4-14-12-9-10(2)5-6-11(12)13(16)15-7-8-19(3,17)18/h5-6,9,14H,4,7-8H2,1-3H3,(H,15,16). The van der Waals surface area contributed by atoms with Gasteiger partial charge in [-0.3, -0.25) is 4.79 Å². The molecule has 2 N–H and O–H groups in total. The zero-order valence-electron chi connectivity index (χ0n) is 11.5. The van der Waals surface area contributed by atoms with Gasteiger partial charge in [0.2, 0.25) is 0 Å². The van der Waals surface area contributed by atoms with E-state index in [0.29, 0.717) is 12.1 Å². The van der Waals surface area contributed by atoms with E-state index < -0.39 is 9.84 Å². The molecule has 0 fully saturated rings. The molecule has 0 spiro atoms. The van der Waals surface area contributed by atoms with Crippen LogP contribution in [-0.4, -0.2) is 39.4 Å². The smallest absolute Gasteiger partial charge is 0.253 e. The SMILES string of the molecule is CCNc1cc(C)ccc1C(=O)NCCS(C)(=O)=O. The molecule has 1 rings (SSSR count). The van der Waals surface area contributed by atoms with Crippen LogP contribution in [0.5, 0.6) is 0 Å². The second-order valence-corrected chi connectivity index (χ2v) is 6.72. The molecule has 0 aliphatic heterocycles. The topological polar surface area (TPSA) is 75.3 Å². The van der Waals surface area contributed by atoms with Gasteiger partial charge in [0.15, 0.2) is 0 Å². The van der Waals surface area contributed by atoms with E-state index in [-0.39, 0.29) is 18.2 Å². The third-order valence-electron chi connectivity index (χ3n) is 2.55. The summed E-state index contributed by atoms with van der Waals surface area (Å²) in [7, 11) is -3.06. The van der Waals surface area contributed by atoms with Crippen molar-refractivity contribution in [2.45, 2.75) is 13.8 Å². The maximum atomic E-state index is 12.0. The number of nitrogens with one attached hydrogen (secondary N) is 2. The Hall–Kier alpha value is -1.56. The highest BCUT2D eigenvalue weighted by molar-refractivity contribution is 7.90. The molecule has 0 atom stereocenters. The molecule has 0 unspecified atom stereocenters. The fourth-order valence-electron chi connectivity index (χ4n) is 1.64. The van der Waals surface area contributed by atoms with E-state index in [0.717, 1.165) is 17.5 Å². The first-order chi connectivity index (χ1) is 8.83. The Morgan fingerprint density at radius 3 is 2.58 bits per heavy atom. The van der Waals surface area contributed by atoms with E-state index in [9.17, 15) is 13.2 Å². The number of hydrogen-bond acceptors (Lipinski definition) is 4. The number of rotatable bonds is 6. The van der Waals surface area contributed by atoms with Crippen molar-refractivity contribution in [3.63, 3.8) is 0 Å². The molecule has 6 heteroatoms. The highest BCUT2D eigenvalue weighted by Crippen LogP contribution is 2.17. The monoisotopic (exact) mass is 284 g/mol. The molecule has 0 saturated heterocycles. The van der Waals surface area contributed by atoms with E-state index in [1.807, 2.05) is 26.0 Å². The highest BCUT2D eigenvalue weighted by Gasteiger charge is 2.11. The molecule has 106 valence electrons. The fourth-order valence-corrected chi connectivity index (χ4v) is 2.11. The predicted molar refractivity (Wildman–Crippen MR) is 77.4 cm³/mol. The van der Waals surface area contributed by atoms with Crippen LogP contribution in [0.1, 0.15) is 22.8 Å². The summed E-state index contributed by atoms with van der Waals surface area (Å²) in [6, 6.07) is 5.49. The summed E-state index contributed by atoms with van der Waals surface area (Å²) in [5.41, 5.74) is 2.35. The van der Waals surface area contributed by atoms with Crippen LogP contribution in [0.2, 0.25) is 0 Å². The zero-order valence-corrected chi connectivity index (χ0v) is 12.3. The molecule has 0 aromatic heterocycles. The number of hydrogen-bond donors (Lipinski definition) is 2. The van der Waals surface area contributed by atoms with Crippen LogP contribution in [0.25, 0.3) is 0 Å². The van der Waals surface area contributed by atoms with Gasteiger partial charge in [-0.15, -0.1) is 0 Å². The Bertz CT molecular complexity index is 553. The second-order valence-electron chi connectivity index (χ2n) is 4.47. The number of benzene rings is 1. The molecule has 0 aliphatic carbocycles. The molecule has 19 heavy (non-hydrogen) atoms. The van der Waals surface area contributed by atoms with Crippen LogP contribution in [0.15, 0.2) is 18.2 Å². The summed E-state index contributed by atoms with van der Waals surface area (Å²) in [6.45, 7) is 4.74. The summed E-state index contributed by atoms with van der Waals surface area (Å²) in [4.78, 5) is 12.0. The van der Waals surface area contributed by atoms with Crippen molar-refractivity contribution in [2.24, 2.45) is 0 Å². The largest absolute Gasteiger partial charge is 0.385 e.